The molecule has 7 heteroatoms. The average Bonchev–Trinajstić information content (AvgIpc) is 3.47. The van der Waals surface area contributed by atoms with Crippen LogP contribution in [0.15, 0.2) is 82.4 Å². The monoisotopic (exact) mass is 470 g/mol. The summed E-state index contributed by atoms with van der Waals surface area (Å²) in [6.07, 6.45) is 4.55. The van der Waals surface area contributed by atoms with Crippen molar-refractivity contribution in [3.05, 3.63) is 95.2 Å². The molecule has 0 bridgehead atoms. The van der Waals surface area contributed by atoms with E-state index in [0.29, 0.717) is 5.56 Å². The Morgan fingerprint density at radius 2 is 1.97 bits per heavy atom. The fourth-order valence-corrected chi connectivity index (χ4v) is 5.70. The van der Waals surface area contributed by atoms with Crippen LogP contribution in [0.3, 0.4) is 0 Å². The minimum Gasteiger partial charge on any atom is -0.360 e. The van der Waals surface area contributed by atoms with Gasteiger partial charge in [0, 0.05) is 34.0 Å². The third-order valence-electron chi connectivity index (χ3n) is 5.44. The van der Waals surface area contributed by atoms with Crippen LogP contribution in [-0.4, -0.2) is 22.1 Å². The molecule has 0 saturated carbocycles. The lowest BCUT2D eigenvalue weighted by Gasteiger charge is -2.03. The molecular formula is C26H22N4OS2. The van der Waals surface area contributed by atoms with Gasteiger partial charge in [0.25, 0.3) is 5.91 Å². The molecule has 5 nitrogen and oxygen atoms in total. The minimum absolute atomic E-state index is 0.231. The summed E-state index contributed by atoms with van der Waals surface area (Å²) in [7, 11) is 0. The van der Waals surface area contributed by atoms with E-state index in [1.807, 2.05) is 54.7 Å². The van der Waals surface area contributed by atoms with Crippen molar-refractivity contribution in [2.75, 3.05) is 0 Å². The third-order valence-corrected chi connectivity index (χ3v) is 7.69. The molecule has 5 aromatic rings. The molecule has 0 atom stereocenters. The molecule has 0 aliphatic heterocycles. The highest BCUT2D eigenvalue weighted by molar-refractivity contribution is 8.00. The van der Waals surface area contributed by atoms with E-state index in [9.17, 15) is 4.79 Å². The lowest BCUT2D eigenvalue weighted by atomic mass is 10.1. The first-order chi connectivity index (χ1) is 16.2. The molecule has 0 saturated heterocycles. The largest absolute Gasteiger partial charge is 0.360 e. The number of hydrogen-bond acceptors (Lipinski definition) is 5. The summed E-state index contributed by atoms with van der Waals surface area (Å²) in [4.78, 5) is 20.4. The van der Waals surface area contributed by atoms with Crippen molar-refractivity contribution in [2.45, 2.75) is 23.4 Å². The quantitative estimate of drug-likeness (QED) is 0.164. The number of nitrogens with one attached hydrogen (secondary N) is 2. The molecule has 0 spiro atoms. The fraction of sp³-hybridized carbons (Fsp3) is 0.115. The normalized spacial score (nSPS) is 11.5. The number of amides is 1. The number of fused-ring (bicyclic) bond motifs is 2. The van der Waals surface area contributed by atoms with Crippen LogP contribution >= 0.6 is 23.1 Å². The van der Waals surface area contributed by atoms with Crippen molar-refractivity contribution in [2.24, 2.45) is 5.10 Å². The van der Waals surface area contributed by atoms with Gasteiger partial charge in [-0.15, -0.1) is 11.3 Å². The maximum Gasteiger partial charge on any atom is 0.271 e. The molecule has 5 rings (SSSR count). The maximum atomic E-state index is 12.5. The number of benzene rings is 3. The van der Waals surface area contributed by atoms with Crippen LogP contribution in [0, 0.1) is 0 Å². The number of hydrogen-bond donors (Lipinski definition) is 2. The van der Waals surface area contributed by atoms with E-state index >= 15 is 0 Å². The van der Waals surface area contributed by atoms with Gasteiger partial charge in [-0.05, 0) is 41.8 Å². The first kappa shape index (κ1) is 21.4. The summed E-state index contributed by atoms with van der Waals surface area (Å²) >= 11 is 3.41. The standard InChI is InChI=1S/C26H22N4OS2/c1-2-18-6-5-7-21-20(14-27-24(18)21)15-28-30-25(31)19-12-10-17(11-13-19)16-32-26-29-22-8-3-4-9-23(22)33-26/h3-15,27H,2,16H2,1H3,(H,30,31). The van der Waals surface area contributed by atoms with Gasteiger partial charge in [-0.25, -0.2) is 10.4 Å². The Balaban J connectivity index is 1.19. The number of aromatic nitrogens is 2. The van der Waals surface area contributed by atoms with E-state index in [2.05, 4.69) is 45.6 Å². The van der Waals surface area contributed by atoms with Crippen LogP contribution < -0.4 is 5.43 Å². The van der Waals surface area contributed by atoms with Gasteiger partial charge in [-0.1, -0.05) is 61.2 Å². The van der Waals surface area contributed by atoms with Crippen LogP contribution in [0.25, 0.3) is 21.1 Å². The smallest absolute Gasteiger partial charge is 0.271 e. The number of carbonyl (C=O) groups is 1. The van der Waals surface area contributed by atoms with Crippen LogP contribution in [0.5, 0.6) is 0 Å². The molecule has 0 aliphatic rings. The van der Waals surface area contributed by atoms with Crippen LogP contribution in [0.4, 0.5) is 0 Å². The summed E-state index contributed by atoms with van der Waals surface area (Å²) in [5.74, 6) is 0.575. The molecule has 0 radical (unpaired) electrons. The molecule has 2 N–H and O–H groups in total. The van der Waals surface area contributed by atoms with E-state index in [1.54, 1.807) is 29.3 Å². The van der Waals surface area contributed by atoms with Gasteiger partial charge >= 0.3 is 0 Å². The molecule has 3 aromatic carbocycles. The molecule has 1 amide bonds. The SMILES string of the molecule is CCc1cccc2c(C=NNC(=O)c3ccc(CSc4nc5ccccc5s4)cc3)c[nH]c12. The van der Waals surface area contributed by atoms with E-state index in [-0.39, 0.29) is 5.91 Å². The first-order valence-corrected chi connectivity index (χ1v) is 12.5. The maximum absolute atomic E-state index is 12.5. The topological polar surface area (TPSA) is 70.1 Å². The molecule has 2 heterocycles. The zero-order valence-corrected chi connectivity index (χ0v) is 19.7. The second-order valence-corrected chi connectivity index (χ2v) is 9.82. The summed E-state index contributed by atoms with van der Waals surface area (Å²) in [5.41, 5.74) is 8.71. The lowest BCUT2D eigenvalue weighted by molar-refractivity contribution is 0.0955. The molecular weight excluding hydrogens is 448 g/mol. The predicted octanol–water partition coefficient (Wildman–Crippen LogP) is 6.40. The third kappa shape index (κ3) is 4.69. The van der Waals surface area contributed by atoms with Crippen molar-refractivity contribution in [3.8, 4) is 0 Å². The number of para-hydroxylation sites is 2. The molecule has 0 fully saturated rings. The van der Waals surface area contributed by atoms with E-state index in [1.165, 1.54) is 10.3 Å². The zero-order valence-electron chi connectivity index (χ0n) is 18.0. The highest BCUT2D eigenvalue weighted by atomic mass is 32.2. The number of aryl methyl sites for hydroxylation is 1. The highest BCUT2D eigenvalue weighted by Crippen LogP contribution is 2.31. The Labute approximate surface area is 200 Å². The Morgan fingerprint density at radius 1 is 1.12 bits per heavy atom. The number of aromatic amines is 1. The van der Waals surface area contributed by atoms with E-state index in [0.717, 1.165) is 44.1 Å². The number of nitrogens with zero attached hydrogens (tertiary/aromatic N) is 2. The lowest BCUT2D eigenvalue weighted by Crippen LogP contribution is -2.17. The zero-order chi connectivity index (χ0) is 22.6. The van der Waals surface area contributed by atoms with Gasteiger partial charge in [0.1, 0.15) is 0 Å². The summed E-state index contributed by atoms with van der Waals surface area (Å²) in [6, 6.07) is 22.0. The molecule has 33 heavy (non-hydrogen) atoms. The average molecular weight is 471 g/mol. The number of thiazole rings is 1. The van der Waals surface area contributed by atoms with E-state index in [4.69, 9.17) is 0 Å². The fourth-order valence-electron chi connectivity index (χ4n) is 3.68. The first-order valence-electron chi connectivity index (χ1n) is 10.7. The Hall–Kier alpha value is -3.42. The molecule has 0 aliphatic carbocycles. The van der Waals surface area contributed by atoms with Crippen molar-refractivity contribution in [1.82, 2.24) is 15.4 Å². The second-order valence-electron chi connectivity index (χ2n) is 7.57. The summed E-state index contributed by atoms with van der Waals surface area (Å²) < 4.78 is 2.25. The van der Waals surface area contributed by atoms with Gasteiger partial charge in [0.05, 0.1) is 16.4 Å². The molecule has 164 valence electrons. The van der Waals surface area contributed by atoms with Crippen molar-refractivity contribution in [1.29, 1.82) is 0 Å². The van der Waals surface area contributed by atoms with Gasteiger partial charge in [-0.2, -0.15) is 5.10 Å². The molecule has 0 unspecified atom stereocenters. The van der Waals surface area contributed by atoms with Crippen LogP contribution in [-0.2, 0) is 12.2 Å². The summed E-state index contributed by atoms with van der Waals surface area (Å²) in [5, 5.41) is 5.26. The highest BCUT2D eigenvalue weighted by Gasteiger charge is 2.08. The van der Waals surface area contributed by atoms with Gasteiger partial charge in [0.2, 0.25) is 0 Å². The number of thioether (sulfide) groups is 1. The second kappa shape index (κ2) is 9.60. The number of hydrazone groups is 1. The Kier molecular flexibility index (Phi) is 6.24. The van der Waals surface area contributed by atoms with Gasteiger partial charge in [-0.3, -0.25) is 4.79 Å². The number of rotatable bonds is 7. The van der Waals surface area contributed by atoms with Gasteiger partial charge < -0.3 is 4.98 Å². The van der Waals surface area contributed by atoms with Crippen molar-refractivity contribution < 1.29 is 4.79 Å². The Morgan fingerprint density at radius 3 is 2.79 bits per heavy atom. The summed E-state index contributed by atoms with van der Waals surface area (Å²) in [6.45, 7) is 2.13. The number of carbonyl (C=O) groups excluding carboxylic acids is 1. The Bertz CT molecular complexity index is 1420. The van der Waals surface area contributed by atoms with Crippen molar-refractivity contribution >= 4 is 56.3 Å². The van der Waals surface area contributed by atoms with Crippen LogP contribution in [0.2, 0.25) is 0 Å². The minimum atomic E-state index is -0.231. The van der Waals surface area contributed by atoms with Crippen molar-refractivity contribution in [3.63, 3.8) is 0 Å². The van der Waals surface area contributed by atoms with Gasteiger partial charge in [0.15, 0.2) is 4.34 Å². The van der Waals surface area contributed by atoms with Crippen LogP contribution in [0.1, 0.15) is 34.0 Å². The predicted molar refractivity (Wildman–Crippen MR) is 138 cm³/mol. The number of H-pyrrole nitrogens is 1. The van der Waals surface area contributed by atoms with E-state index < -0.39 is 0 Å². The molecule has 2 aromatic heterocycles.